The van der Waals surface area contributed by atoms with Crippen LogP contribution in [0.5, 0.6) is 0 Å². The second kappa shape index (κ2) is 7.53. The van der Waals surface area contributed by atoms with Crippen molar-refractivity contribution in [3.05, 3.63) is 35.9 Å². The third kappa shape index (κ3) is 4.18. The SMILES string of the molecule is CC.CC(C)C1CCC(c2ccccc2)CC1. The first-order chi connectivity index (χ1) is 8.27. The highest BCUT2D eigenvalue weighted by atomic mass is 14.3. The topological polar surface area (TPSA) is 0 Å². The highest BCUT2D eigenvalue weighted by molar-refractivity contribution is 5.19. The molecule has 0 heterocycles. The van der Waals surface area contributed by atoms with Crippen molar-refractivity contribution in [2.75, 3.05) is 0 Å². The number of hydrogen-bond acceptors (Lipinski definition) is 0. The molecule has 0 spiro atoms. The lowest BCUT2D eigenvalue weighted by Gasteiger charge is -2.31. The van der Waals surface area contributed by atoms with E-state index in [2.05, 4.69) is 44.2 Å². The summed E-state index contributed by atoms with van der Waals surface area (Å²) in [6.07, 6.45) is 5.65. The molecular weight excluding hydrogens is 204 g/mol. The summed E-state index contributed by atoms with van der Waals surface area (Å²) < 4.78 is 0. The Kier molecular flexibility index (Phi) is 6.32. The predicted octanol–water partition coefficient (Wildman–Crippen LogP) is 5.64. The van der Waals surface area contributed by atoms with Crippen LogP contribution < -0.4 is 0 Å². The summed E-state index contributed by atoms with van der Waals surface area (Å²) >= 11 is 0. The van der Waals surface area contributed by atoms with Crippen LogP contribution in [-0.4, -0.2) is 0 Å². The van der Waals surface area contributed by atoms with E-state index in [4.69, 9.17) is 0 Å². The van der Waals surface area contributed by atoms with Crippen molar-refractivity contribution >= 4 is 0 Å². The zero-order valence-corrected chi connectivity index (χ0v) is 11.9. The van der Waals surface area contributed by atoms with E-state index in [1.54, 1.807) is 5.56 Å². The molecule has 0 aliphatic heterocycles. The summed E-state index contributed by atoms with van der Waals surface area (Å²) in [6, 6.07) is 11.0. The third-order valence-electron chi connectivity index (χ3n) is 3.99. The highest BCUT2D eigenvalue weighted by Crippen LogP contribution is 2.38. The second-order valence-corrected chi connectivity index (χ2v) is 5.27. The normalized spacial score (nSPS) is 24.1. The lowest BCUT2D eigenvalue weighted by molar-refractivity contribution is 0.259. The van der Waals surface area contributed by atoms with Crippen molar-refractivity contribution < 1.29 is 0 Å². The van der Waals surface area contributed by atoms with E-state index < -0.39 is 0 Å². The average Bonchev–Trinajstić information content (AvgIpc) is 2.42. The summed E-state index contributed by atoms with van der Waals surface area (Å²) in [4.78, 5) is 0. The summed E-state index contributed by atoms with van der Waals surface area (Å²) in [5.74, 6) is 2.69. The van der Waals surface area contributed by atoms with Gasteiger partial charge in [0.05, 0.1) is 0 Å². The van der Waals surface area contributed by atoms with E-state index in [9.17, 15) is 0 Å². The van der Waals surface area contributed by atoms with Crippen LogP contribution in [0.2, 0.25) is 0 Å². The van der Waals surface area contributed by atoms with Gasteiger partial charge in [-0.3, -0.25) is 0 Å². The molecular formula is C17H28. The smallest absolute Gasteiger partial charge is 0.0162 e. The Morgan fingerprint density at radius 1 is 0.882 bits per heavy atom. The maximum Gasteiger partial charge on any atom is -0.0162 e. The van der Waals surface area contributed by atoms with E-state index in [0.29, 0.717) is 0 Å². The van der Waals surface area contributed by atoms with Gasteiger partial charge in [-0.15, -0.1) is 0 Å². The monoisotopic (exact) mass is 232 g/mol. The van der Waals surface area contributed by atoms with Gasteiger partial charge in [0, 0.05) is 0 Å². The predicted molar refractivity (Wildman–Crippen MR) is 77.3 cm³/mol. The standard InChI is InChI=1S/C15H22.C2H6/c1-12(2)13-8-10-15(11-9-13)14-6-4-3-5-7-14;1-2/h3-7,12-13,15H,8-11H2,1-2H3;1-2H3. The molecule has 2 rings (SSSR count). The Bertz CT molecular complexity index is 278. The van der Waals surface area contributed by atoms with Gasteiger partial charge in [-0.05, 0) is 49.0 Å². The zero-order chi connectivity index (χ0) is 12.7. The molecule has 0 amide bonds. The fourth-order valence-corrected chi connectivity index (χ4v) is 2.84. The van der Waals surface area contributed by atoms with E-state index in [0.717, 1.165) is 17.8 Å². The van der Waals surface area contributed by atoms with Gasteiger partial charge in [0.25, 0.3) is 0 Å². The van der Waals surface area contributed by atoms with E-state index in [-0.39, 0.29) is 0 Å². The van der Waals surface area contributed by atoms with Crippen molar-refractivity contribution in [3.63, 3.8) is 0 Å². The fraction of sp³-hybridized carbons (Fsp3) is 0.647. The molecule has 0 nitrogen and oxygen atoms in total. The first kappa shape index (κ1) is 14.3. The molecule has 96 valence electrons. The van der Waals surface area contributed by atoms with Gasteiger partial charge in [0.2, 0.25) is 0 Å². The molecule has 0 bridgehead atoms. The van der Waals surface area contributed by atoms with Gasteiger partial charge < -0.3 is 0 Å². The van der Waals surface area contributed by atoms with Crippen molar-refractivity contribution in [2.45, 2.75) is 59.3 Å². The Morgan fingerprint density at radius 2 is 1.41 bits per heavy atom. The maximum absolute atomic E-state index is 2.37. The molecule has 1 saturated carbocycles. The quantitative estimate of drug-likeness (QED) is 0.618. The molecule has 0 unspecified atom stereocenters. The Balaban J connectivity index is 0.000000686. The van der Waals surface area contributed by atoms with Crippen LogP contribution in [0, 0.1) is 11.8 Å². The Hall–Kier alpha value is -0.780. The van der Waals surface area contributed by atoms with Gasteiger partial charge in [-0.1, -0.05) is 58.0 Å². The lowest BCUT2D eigenvalue weighted by Crippen LogP contribution is -2.17. The molecule has 0 atom stereocenters. The minimum Gasteiger partial charge on any atom is -0.0683 e. The zero-order valence-electron chi connectivity index (χ0n) is 11.9. The molecule has 0 heteroatoms. The molecule has 1 fully saturated rings. The highest BCUT2D eigenvalue weighted by Gasteiger charge is 2.23. The van der Waals surface area contributed by atoms with Crippen LogP contribution in [0.4, 0.5) is 0 Å². The van der Waals surface area contributed by atoms with E-state index in [1.165, 1.54) is 25.7 Å². The summed E-state index contributed by atoms with van der Waals surface area (Å²) in [5, 5.41) is 0. The third-order valence-corrected chi connectivity index (χ3v) is 3.99. The molecule has 1 aliphatic rings. The van der Waals surface area contributed by atoms with Gasteiger partial charge in [0.15, 0.2) is 0 Å². The van der Waals surface area contributed by atoms with E-state index in [1.807, 2.05) is 13.8 Å². The van der Waals surface area contributed by atoms with Crippen LogP contribution >= 0.6 is 0 Å². The minimum atomic E-state index is 0.834. The van der Waals surface area contributed by atoms with Gasteiger partial charge in [-0.25, -0.2) is 0 Å². The van der Waals surface area contributed by atoms with Crippen molar-refractivity contribution in [3.8, 4) is 0 Å². The summed E-state index contributed by atoms with van der Waals surface area (Å²) in [7, 11) is 0. The first-order valence-electron chi connectivity index (χ1n) is 7.32. The molecule has 1 aromatic rings. The lowest BCUT2D eigenvalue weighted by atomic mass is 9.75. The van der Waals surface area contributed by atoms with Crippen molar-refractivity contribution in [1.82, 2.24) is 0 Å². The summed E-state index contributed by atoms with van der Waals surface area (Å²) in [6.45, 7) is 8.74. The largest absolute Gasteiger partial charge is 0.0683 e. The molecule has 0 radical (unpaired) electrons. The molecule has 0 saturated heterocycles. The van der Waals surface area contributed by atoms with Gasteiger partial charge in [-0.2, -0.15) is 0 Å². The average molecular weight is 232 g/mol. The number of benzene rings is 1. The summed E-state index contributed by atoms with van der Waals surface area (Å²) in [5.41, 5.74) is 1.56. The van der Waals surface area contributed by atoms with Crippen LogP contribution in [0.1, 0.15) is 64.9 Å². The van der Waals surface area contributed by atoms with Crippen LogP contribution in [-0.2, 0) is 0 Å². The van der Waals surface area contributed by atoms with Gasteiger partial charge in [0.1, 0.15) is 0 Å². The van der Waals surface area contributed by atoms with Crippen molar-refractivity contribution in [1.29, 1.82) is 0 Å². The minimum absolute atomic E-state index is 0.834. The van der Waals surface area contributed by atoms with Crippen LogP contribution in [0.3, 0.4) is 0 Å². The van der Waals surface area contributed by atoms with Crippen LogP contribution in [0.15, 0.2) is 30.3 Å². The maximum atomic E-state index is 2.37. The second-order valence-electron chi connectivity index (χ2n) is 5.27. The van der Waals surface area contributed by atoms with Crippen LogP contribution in [0.25, 0.3) is 0 Å². The molecule has 0 aromatic heterocycles. The molecule has 17 heavy (non-hydrogen) atoms. The first-order valence-corrected chi connectivity index (χ1v) is 7.32. The molecule has 0 N–H and O–H groups in total. The number of hydrogen-bond donors (Lipinski definition) is 0. The number of rotatable bonds is 2. The Morgan fingerprint density at radius 3 is 1.88 bits per heavy atom. The fourth-order valence-electron chi connectivity index (χ4n) is 2.84. The van der Waals surface area contributed by atoms with Gasteiger partial charge >= 0.3 is 0 Å². The Labute approximate surface area is 107 Å². The van der Waals surface area contributed by atoms with Crippen molar-refractivity contribution in [2.24, 2.45) is 11.8 Å². The molecule has 1 aromatic carbocycles. The molecule has 1 aliphatic carbocycles. The van der Waals surface area contributed by atoms with E-state index >= 15 is 0 Å².